The topological polar surface area (TPSA) is 71.2 Å². The Bertz CT molecular complexity index is 695. The molecule has 0 aliphatic rings. The second-order valence-electron chi connectivity index (χ2n) is 6.94. The van der Waals surface area contributed by atoms with Crippen molar-refractivity contribution in [1.29, 1.82) is 0 Å². The summed E-state index contributed by atoms with van der Waals surface area (Å²) in [5.41, 5.74) is 9.41. The van der Waals surface area contributed by atoms with E-state index in [9.17, 15) is 4.79 Å². The Morgan fingerprint density at radius 3 is 2.40 bits per heavy atom. The second-order valence-corrected chi connectivity index (χ2v) is 6.94. The first-order valence-electron chi connectivity index (χ1n) is 8.64. The van der Waals surface area contributed by atoms with Crippen LogP contribution in [0.3, 0.4) is 0 Å². The largest absolute Gasteiger partial charge is 0.378 e. The van der Waals surface area contributed by atoms with Crippen molar-refractivity contribution < 1.29 is 4.79 Å². The van der Waals surface area contributed by atoms with Gasteiger partial charge in [0.25, 0.3) is 5.91 Å². The highest BCUT2D eigenvalue weighted by molar-refractivity contribution is 5.95. The number of hydrogen-bond acceptors (Lipinski definition) is 4. The average Bonchev–Trinajstić information content (AvgIpc) is 2.60. The van der Waals surface area contributed by atoms with Crippen molar-refractivity contribution in [1.82, 2.24) is 10.3 Å². The molecule has 134 valence electrons. The lowest BCUT2D eigenvalue weighted by Gasteiger charge is -2.19. The van der Waals surface area contributed by atoms with Gasteiger partial charge in [-0.3, -0.25) is 9.78 Å². The predicted octanol–water partition coefficient (Wildman–Crippen LogP) is 2.92. The summed E-state index contributed by atoms with van der Waals surface area (Å²) in [5.74, 6) is 0.351. The van der Waals surface area contributed by atoms with Gasteiger partial charge in [-0.25, -0.2) is 0 Å². The fourth-order valence-electron chi connectivity index (χ4n) is 2.73. The van der Waals surface area contributed by atoms with Crippen LogP contribution < -0.4 is 16.0 Å². The molecule has 1 aromatic heterocycles. The molecule has 5 heteroatoms. The molecular weight excluding hydrogens is 312 g/mol. The Morgan fingerprint density at radius 1 is 1.16 bits per heavy atom. The van der Waals surface area contributed by atoms with Crippen LogP contribution in [-0.2, 0) is 0 Å². The van der Waals surface area contributed by atoms with Gasteiger partial charge in [0.1, 0.15) is 0 Å². The van der Waals surface area contributed by atoms with Crippen molar-refractivity contribution >= 4 is 11.6 Å². The van der Waals surface area contributed by atoms with E-state index in [0.29, 0.717) is 18.0 Å². The van der Waals surface area contributed by atoms with Gasteiger partial charge >= 0.3 is 0 Å². The molecule has 0 fully saturated rings. The molecule has 25 heavy (non-hydrogen) atoms. The fourth-order valence-corrected chi connectivity index (χ4v) is 2.73. The van der Waals surface area contributed by atoms with Gasteiger partial charge in [0.05, 0.1) is 5.56 Å². The zero-order valence-corrected chi connectivity index (χ0v) is 15.5. The first-order chi connectivity index (χ1) is 11.9. The minimum absolute atomic E-state index is 0.0180. The molecule has 0 spiro atoms. The Kier molecular flexibility index (Phi) is 6.53. The maximum Gasteiger partial charge on any atom is 0.253 e. The summed E-state index contributed by atoms with van der Waals surface area (Å²) < 4.78 is 0. The summed E-state index contributed by atoms with van der Waals surface area (Å²) in [6.45, 7) is 4.67. The lowest BCUT2D eigenvalue weighted by atomic mass is 10.0. The highest BCUT2D eigenvalue weighted by atomic mass is 16.1. The number of nitrogens with zero attached hydrogens (tertiary/aromatic N) is 2. The quantitative estimate of drug-likeness (QED) is 0.813. The third kappa shape index (κ3) is 5.29. The molecule has 1 unspecified atom stereocenters. The Labute approximate surface area is 150 Å². The second kappa shape index (κ2) is 8.62. The minimum Gasteiger partial charge on any atom is -0.378 e. The van der Waals surface area contributed by atoms with Crippen molar-refractivity contribution in [2.24, 2.45) is 11.7 Å². The molecule has 1 heterocycles. The smallest absolute Gasteiger partial charge is 0.253 e. The van der Waals surface area contributed by atoms with Gasteiger partial charge in [0.2, 0.25) is 0 Å². The first kappa shape index (κ1) is 18.9. The fraction of sp³-hybridized carbons (Fsp3) is 0.400. The Morgan fingerprint density at radius 2 is 1.84 bits per heavy atom. The molecule has 0 aliphatic heterocycles. The van der Waals surface area contributed by atoms with Gasteiger partial charge in [-0.2, -0.15) is 0 Å². The first-order valence-corrected chi connectivity index (χ1v) is 8.64. The molecule has 0 bridgehead atoms. The van der Waals surface area contributed by atoms with Crippen molar-refractivity contribution in [2.75, 3.05) is 25.5 Å². The van der Waals surface area contributed by atoms with E-state index in [0.717, 1.165) is 23.2 Å². The van der Waals surface area contributed by atoms with Crippen LogP contribution in [0.4, 0.5) is 5.69 Å². The summed E-state index contributed by atoms with van der Waals surface area (Å²) in [6, 6.07) is 10.0. The molecule has 0 saturated heterocycles. The number of nitrogens with two attached hydrogens (primary N) is 1. The van der Waals surface area contributed by atoms with E-state index in [2.05, 4.69) is 36.3 Å². The van der Waals surface area contributed by atoms with Gasteiger partial charge in [0.15, 0.2) is 0 Å². The van der Waals surface area contributed by atoms with Crippen LogP contribution in [0, 0.1) is 5.92 Å². The van der Waals surface area contributed by atoms with E-state index in [4.69, 9.17) is 5.73 Å². The highest BCUT2D eigenvalue weighted by Crippen LogP contribution is 2.22. The minimum atomic E-state index is -0.129. The van der Waals surface area contributed by atoms with Crippen LogP contribution in [0.25, 0.3) is 11.1 Å². The molecule has 1 aromatic carbocycles. The van der Waals surface area contributed by atoms with Crippen molar-refractivity contribution in [3.8, 4) is 11.1 Å². The monoisotopic (exact) mass is 340 g/mol. The average molecular weight is 340 g/mol. The van der Waals surface area contributed by atoms with Crippen LogP contribution in [0.15, 0.2) is 42.7 Å². The number of rotatable bonds is 7. The number of pyridine rings is 1. The summed E-state index contributed by atoms with van der Waals surface area (Å²) in [6.07, 6.45) is 4.23. The lowest BCUT2D eigenvalue weighted by molar-refractivity contribution is 0.0933. The normalized spacial score (nSPS) is 12.1. The van der Waals surface area contributed by atoms with Gasteiger partial charge in [-0.15, -0.1) is 0 Å². The van der Waals surface area contributed by atoms with Gasteiger partial charge < -0.3 is 16.0 Å². The molecule has 0 radical (unpaired) electrons. The van der Waals surface area contributed by atoms with Crippen molar-refractivity contribution in [3.05, 3.63) is 48.3 Å². The molecule has 0 aliphatic carbocycles. The number of anilines is 1. The molecule has 5 nitrogen and oxygen atoms in total. The number of amides is 1. The number of hydrogen-bond donors (Lipinski definition) is 2. The number of aromatic nitrogens is 1. The molecule has 2 rings (SSSR count). The van der Waals surface area contributed by atoms with Crippen LogP contribution in [0.2, 0.25) is 0 Å². The summed E-state index contributed by atoms with van der Waals surface area (Å²) in [5, 5.41) is 3.01. The number of benzene rings is 1. The SMILES string of the molecule is CC(C)CC(CN)NC(=O)c1cncc(-c2ccc(N(C)C)cc2)c1. The van der Waals surface area contributed by atoms with Crippen molar-refractivity contribution in [3.63, 3.8) is 0 Å². The number of nitrogens with one attached hydrogen (secondary N) is 1. The molecule has 2 aromatic rings. The van der Waals surface area contributed by atoms with Gasteiger partial charge in [-0.1, -0.05) is 26.0 Å². The third-order valence-electron chi connectivity index (χ3n) is 4.09. The Balaban J connectivity index is 2.16. The lowest BCUT2D eigenvalue weighted by Crippen LogP contribution is -2.41. The summed E-state index contributed by atoms with van der Waals surface area (Å²) >= 11 is 0. The molecule has 1 atom stereocenters. The third-order valence-corrected chi connectivity index (χ3v) is 4.09. The molecule has 1 amide bonds. The Hall–Kier alpha value is -2.40. The van der Waals surface area contributed by atoms with E-state index < -0.39 is 0 Å². The maximum atomic E-state index is 12.5. The standard InChI is InChI=1S/C20H28N4O/c1-14(2)9-18(11-21)23-20(25)17-10-16(12-22-13-17)15-5-7-19(8-6-15)24(3)4/h5-8,10,12-14,18H,9,11,21H2,1-4H3,(H,23,25). The molecule has 0 saturated carbocycles. The van der Waals surface area contributed by atoms with Crippen LogP contribution in [0.1, 0.15) is 30.6 Å². The summed E-state index contributed by atoms with van der Waals surface area (Å²) in [4.78, 5) is 18.8. The molecular formula is C20H28N4O. The van der Waals surface area contributed by atoms with E-state index >= 15 is 0 Å². The maximum absolute atomic E-state index is 12.5. The van der Waals surface area contributed by atoms with E-state index in [-0.39, 0.29) is 11.9 Å². The van der Waals surface area contributed by atoms with Gasteiger partial charge in [-0.05, 0) is 36.1 Å². The van der Waals surface area contributed by atoms with E-state index in [1.54, 1.807) is 12.4 Å². The highest BCUT2D eigenvalue weighted by Gasteiger charge is 2.14. The number of carbonyl (C=O) groups excluding carboxylic acids is 1. The van der Waals surface area contributed by atoms with Crippen LogP contribution in [0.5, 0.6) is 0 Å². The molecule has 3 N–H and O–H groups in total. The van der Waals surface area contributed by atoms with Crippen LogP contribution >= 0.6 is 0 Å². The zero-order chi connectivity index (χ0) is 18.4. The summed E-state index contributed by atoms with van der Waals surface area (Å²) in [7, 11) is 4.01. The number of carbonyl (C=O) groups is 1. The predicted molar refractivity (Wildman–Crippen MR) is 104 cm³/mol. The van der Waals surface area contributed by atoms with E-state index in [1.807, 2.05) is 37.2 Å². The van der Waals surface area contributed by atoms with Gasteiger partial charge in [0, 0.05) is 50.3 Å². The van der Waals surface area contributed by atoms with Crippen molar-refractivity contribution in [2.45, 2.75) is 26.3 Å². The zero-order valence-electron chi connectivity index (χ0n) is 15.5. The van der Waals surface area contributed by atoms with Crippen LogP contribution in [-0.4, -0.2) is 37.6 Å². The van der Waals surface area contributed by atoms with E-state index in [1.165, 1.54) is 0 Å².